The molecule has 0 aliphatic heterocycles. The fraction of sp³-hybridized carbons (Fsp3) is 0.667. The Balaban J connectivity index is 3.57. The first-order valence-electron chi connectivity index (χ1n) is 4.13. The molecule has 3 nitrogen and oxygen atoms in total. The van der Waals surface area contributed by atoms with Crippen LogP contribution in [-0.2, 0) is 4.79 Å². The third-order valence-corrected chi connectivity index (χ3v) is 1.33. The van der Waals surface area contributed by atoms with Gasteiger partial charge in [0.1, 0.15) is 0 Å². The molecule has 0 saturated carbocycles. The minimum absolute atomic E-state index is 0.600. The zero-order valence-electron chi connectivity index (χ0n) is 7.92. The summed E-state index contributed by atoms with van der Waals surface area (Å²) in [5, 5.41) is 11.5. The lowest BCUT2D eigenvalue weighted by molar-refractivity contribution is -0.131. The average Bonchev–Trinajstić information content (AvgIpc) is 1.84. The molecule has 0 fully saturated rings. The van der Waals surface area contributed by atoms with Gasteiger partial charge in [-0.2, -0.15) is 0 Å². The van der Waals surface area contributed by atoms with Crippen molar-refractivity contribution >= 4 is 5.97 Å². The van der Waals surface area contributed by atoms with Gasteiger partial charge in [-0.15, -0.1) is 0 Å². The molecule has 0 saturated heterocycles. The first kappa shape index (κ1) is 11.2. The van der Waals surface area contributed by atoms with E-state index in [0.717, 1.165) is 12.1 Å². The number of carbonyl (C=O) groups is 1. The maximum Gasteiger partial charge on any atom is 0.328 e. The highest BCUT2D eigenvalue weighted by Gasteiger charge is 1.95. The van der Waals surface area contributed by atoms with Crippen LogP contribution in [0.2, 0.25) is 0 Å². The molecular formula is C9H17NO2. The summed E-state index contributed by atoms with van der Waals surface area (Å²) < 4.78 is 0. The maximum absolute atomic E-state index is 10.2. The Labute approximate surface area is 73.5 Å². The monoisotopic (exact) mass is 171 g/mol. The molecule has 0 aromatic heterocycles. The van der Waals surface area contributed by atoms with Gasteiger partial charge in [0.15, 0.2) is 0 Å². The van der Waals surface area contributed by atoms with Crippen molar-refractivity contribution < 1.29 is 9.90 Å². The van der Waals surface area contributed by atoms with Crippen LogP contribution in [0.3, 0.4) is 0 Å². The topological polar surface area (TPSA) is 49.3 Å². The summed E-state index contributed by atoms with van der Waals surface area (Å²) >= 11 is 0. The second kappa shape index (κ2) is 5.77. The zero-order valence-corrected chi connectivity index (χ0v) is 7.92. The summed E-state index contributed by atoms with van der Waals surface area (Å²) in [5.41, 5.74) is 0.850. The van der Waals surface area contributed by atoms with Crippen molar-refractivity contribution in [3.63, 3.8) is 0 Å². The number of carboxylic acids is 1. The average molecular weight is 171 g/mol. The van der Waals surface area contributed by atoms with Crippen molar-refractivity contribution in [1.29, 1.82) is 0 Å². The van der Waals surface area contributed by atoms with Crippen LogP contribution in [0, 0.1) is 5.92 Å². The Morgan fingerprint density at radius 1 is 1.58 bits per heavy atom. The second-order valence-electron chi connectivity index (χ2n) is 3.35. The third-order valence-electron chi connectivity index (χ3n) is 1.33. The Bertz CT molecular complexity index is 173. The normalized spacial score (nSPS) is 12.2. The molecule has 12 heavy (non-hydrogen) atoms. The number of rotatable bonds is 5. The van der Waals surface area contributed by atoms with E-state index >= 15 is 0 Å². The van der Waals surface area contributed by atoms with Gasteiger partial charge in [-0.3, -0.25) is 0 Å². The maximum atomic E-state index is 10.2. The smallest absolute Gasteiger partial charge is 0.328 e. The van der Waals surface area contributed by atoms with Crippen molar-refractivity contribution in [3.05, 3.63) is 11.6 Å². The lowest BCUT2D eigenvalue weighted by Gasteiger charge is -2.06. The molecule has 0 rings (SSSR count). The molecule has 0 aromatic rings. The summed E-state index contributed by atoms with van der Waals surface area (Å²) in [7, 11) is 0. The third kappa shape index (κ3) is 7.28. The zero-order chi connectivity index (χ0) is 9.56. The van der Waals surface area contributed by atoms with Crippen LogP contribution in [-0.4, -0.2) is 24.2 Å². The molecule has 0 heterocycles. The van der Waals surface area contributed by atoms with Crippen LogP contribution in [0.4, 0.5) is 0 Å². The Hall–Kier alpha value is -0.830. The fourth-order valence-electron chi connectivity index (χ4n) is 0.820. The highest BCUT2D eigenvalue weighted by molar-refractivity contribution is 5.80. The number of nitrogens with one attached hydrogen (secondary N) is 1. The van der Waals surface area contributed by atoms with E-state index in [1.54, 1.807) is 6.92 Å². The molecule has 0 aliphatic rings. The molecule has 0 spiro atoms. The van der Waals surface area contributed by atoms with Gasteiger partial charge in [0.25, 0.3) is 0 Å². The molecule has 0 aromatic carbocycles. The van der Waals surface area contributed by atoms with E-state index in [1.165, 1.54) is 6.08 Å². The molecule has 2 N–H and O–H groups in total. The van der Waals surface area contributed by atoms with Gasteiger partial charge < -0.3 is 10.4 Å². The van der Waals surface area contributed by atoms with Gasteiger partial charge in [-0.25, -0.2) is 4.79 Å². The van der Waals surface area contributed by atoms with Crippen molar-refractivity contribution in [1.82, 2.24) is 5.32 Å². The number of carboxylic acid groups (broad SMARTS) is 1. The van der Waals surface area contributed by atoms with Crippen molar-refractivity contribution in [2.45, 2.75) is 20.8 Å². The number of hydrogen-bond acceptors (Lipinski definition) is 2. The van der Waals surface area contributed by atoms with E-state index in [9.17, 15) is 4.79 Å². The van der Waals surface area contributed by atoms with E-state index in [2.05, 4.69) is 19.2 Å². The fourth-order valence-corrected chi connectivity index (χ4v) is 0.820. The summed E-state index contributed by atoms with van der Waals surface area (Å²) in [6.07, 6.45) is 1.23. The molecule has 70 valence electrons. The van der Waals surface area contributed by atoms with Gasteiger partial charge in [-0.1, -0.05) is 19.4 Å². The second-order valence-corrected chi connectivity index (χ2v) is 3.35. The first-order chi connectivity index (χ1) is 5.52. The number of aliphatic carboxylic acids is 1. The summed E-state index contributed by atoms with van der Waals surface area (Å²) in [6, 6.07) is 0. The van der Waals surface area contributed by atoms with E-state index < -0.39 is 5.97 Å². The van der Waals surface area contributed by atoms with Gasteiger partial charge >= 0.3 is 5.97 Å². The van der Waals surface area contributed by atoms with Crippen LogP contribution in [0.1, 0.15) is 20.8 Å². The Morgan fingerprint density at radius 3 is 2.58 bits per heavy atom. The summed E-state index contributed by atoms with van der Waals surface area (Å²) in [4.78, 5) is 10.2. The molecule has 0 bridgehead atoms. The van der Waals surface area contributed by atoms with Gasteiger partial charge in [0.2, 0.25) is 0 Å². The van der Waals surface area contributed by atoms with Crippen LogP contribution < -0.4 is 5.32 Å². The minimum Gasteiger partial charge on any atom is -0.478 e. The van der Waals surface area contributed by atoms with Crippen LogP contribution in [0.25, 0.3) is 0 Å². The van der Waals surface area contributed by atoms with E-state index in [4.69, 9.17) is 5.11 Å². The summed E-state index contributed by atoms with van der Waals surface area (Å²) in [6.45, 7) is 7.61. The summed E-state index contributed by atoms with van der Waals surface area (Å²) in [5.74, 6) is -0.276. The highest BCUT2D eigenvalue weighted by atomic mass is 16.4. The largest absolute Gasteiger partial charge is 0.478 e. The molecule has 0 amide bonds. The Kier molecular flexibility index (Phi) is 5.37. The lowest BCUT2D eigenvalue weighted by Crippen LogP contribution is -2.21. The van der Waals surface area contributed by atoms with Crippen LogP contribution in [0.15, 0.2) is 11.6 Å². The van der Waals surface area contributed by atoms with E-state index in [1.807, 2.05) is 0 Å². The van der Waals surface area contributed by atoms with E-state index in [-0.39, 0.29) is 0 Å². The van der Waals surface area contributed by atoms with E-state index in [0.29, 0.717) is 12.5 Å². The van der Waals surface area contributed by atoms with Crippen molar-refractivity contribution in [2.75, 3.05) is 13.1 Å². The molecule has 0 radical (unpaired) electrons. The quantitative estimate of drug-likeness (QED) is 0.612. The predicted molar refractivity (Wildman–Crippen MR) is 49.1 cm³/mol. The predicted octanol–water partition coefficient (Wildman–Crippen LogP) is 1.26. The van der Waals surface area contributed by atoms with Crippen LogP contribution >= 0.6 is 0 Å². The minimum atomic E-state index is -0.876. The lowest BCUT2D eigenvalue weighted by atomic mass is 10.2. The SMILES string of the molecule is CC(=CC(=O)O)CNCC(C)C. The molecule has 0 unspecified atom stereocenters. The highest BCUT2D eigenvalue weighted by Crippen LogP contribution is 1.91. The standard InChI is InChI=1S/C9H17NO2/c1-7(2)5-10-6-8(3)4-9(11)12/h4,7,10H,5-6H2,1-3H3,(H,11,12). The van der Waals surface area contributed by atoms with Gasteiger partial charge in [0.05, 0.1) is 0 Å². The van der Waals surface area contributed by atoms with Crippen LogP contribution in [0.5, 0.6) is 0 Å². The molecule has 0 atom stereocenters. The first-order valence-corrected chi connectivity index (χ1v) is 4.13. The van der Waals surface area contributed by atoms with Crippen molar-refractivity contribution in [3.8, 4) is 0 Å². The van der Waals surface area contributed by atoms with Crippen molar-refractivity contribution in [2.24, 2.45) is 5.92 Å². The molecule has 3 heteroatoms. The molecular weight excluding hydrogens is 154 g/mol. The molecule has 0 aliphatic carbocycles. The Morgan fingerprint density at radius 2 is 2.17 bits per heavy atom. The number of hydrogen-bond donors (Lipinski definition) is 2. The van der Waals surface area contributed by atoms with Gasteiger partial charge in [0, 0.05) is 12.6 Å². The van der Waals surface area contributed by atoms with Gasteiger partial charge in [-0.05, 0) is 19.4 Å².